The van der Waals surface area contributed by atoms with Crippen LogP contribution in [0, 0.1) is 12.3 Å². The molecule has 20 heavy (non-hydrogen) atoms. The lowest BCUT2D eigenvalue weighted by Crippen LogP contribution is -2.40. The number of hydrogen-bond acceptors (Lipinski definition) is 3. The lowest BCUT2D eigenvalue weighted by atomic mass is 9.83. The first-order valence-corrected chi connectivity index (χ1v) is 7.32. The average molecular weight is 302 g/mol. The van der Waals surface area contributed by atoms with Crippen molar-refractivity contribution in [1.82, 2.24) is 15.1 Å². The van der Waals surface area contributed by atoms with Gasteiger partial charge in [0.1, 0.15) is 5.15 Å². The number of hydrogen-bond donors (Lipinski definition) is 2. The Bertz CT molecular complexity index is 459. The van der Waals surface area contributed by atoms with E-state index in [1.807, 2.05) is 20.8 Å². The van der Waals surface area contributed by atoms with Crippen LogP contribution in [0.15, 0.2) is 0 Å². The van der Waals surface area contributed by atoms with Crippen molar-refractivity contribution in [3.05, 3.63) is 16.4 Å². The summed E-state index contributed by atoms with van der Waals surface area (Å²) in [5.41, 5.74) is 1.30. The largest absolute Gasteiger partial charge is 0.396 e. The van der Waals surface area contributed by atoms with E-state index in [0.29, 0.717) is 11.7 Å². The van der Waals surface area contributed by atoms with E-state index >= 15 is 0 Å². The molecule has 1 amide bonds. The number of rotatable bonds is 7. The Balaban J connectivity index is 2.64. The zero-order valence-corrected chi connectivity index (χ0v) is 13.4. The molecule has 114 valence electrons. The molecule has 0 aromatic carbocycles. The maximum absolute atomic E-state index is 12.0. The van der Waals surface area contributed by atoms with Gasteiger partial charge in [0.2, 0.25) is 5.91 Å². The molecule has 0 fully saturated rings. The number of aliphatic hydroxyl groups excluding tert-OH is 1. The van der Waals surface area contributed by atoms with E-state index in [9.17, 15) is 9.90 Å². The summed E-state index contributed by atoms with van der Waals surface area (Å²) >= 11 is 6.11. The van der Waals surface area contributed by atoms with E-state index in [1.54, 1.807) is 11.7 Å². The summed E-state index contributed by atoms with van der Waals surface area (Å²) in [4.78, 5) is 12.0. The Labute approximate surface area is 125 Å². The predicted molar refractivity (Wildman–Crippen MR) is 79.8 cm³/mol. The number of carbonyl (C=O) groups is 1. The molecule has 0 unspecified atom stereocenters. The zero-order chi connectivity index (χ0) is 15.3. The van der Waals surface area contributed by atoms with Gasteiger partial charge in [-0.05, 0) is 19.8 Å². The molecule has 0 saturated heterocycles. The second-order valence-corrected chi connectivity index (χ2v) is 5.66. The van der Waals surface area contributed by atoms with Crippen molar-refractivity contribution in [1.29, 1.82) is 0 Å². The SMILES string of the molecule is CCC(CC)(CO)CNC(=O)Cc1c(C)nn(C)c1Cl. The van der Waals surface area contributed by atoms with Gasteiger partial charge < -0.3 is 10.4 Å². The van der Waals surface area contributed by atoms with Crippen LogP contribution in [-0.4, -0.2) is 33.9 Å². The molecule has 0 radical (unpaired) electrons. The van der Waals surface area contributed by atoms with Gasteiger partial charge >= 0.3 is 0 Å². The quantitative estimate of drug-likeness (QED) is 0.807. The van der Waals surface area contributed by atoms with Crippen molar-refractivity contribution in [3.8, 4) is 0 Å². The first-order chi connectivity index (χ1) is 9.39. The molecule has 0 bridgehead atoms. The second kappa shape index (κ2) is 7.09. The number of aromatic nitrogens is 2. The highest BCUT2D eigenvalue weighted by molar-refractivity contribution is 6.30. The number of halogens is 1. The highest BCUT2D eigenvalue weighted by Crippen LogP contribution is 2.24. The number of carbonyl (C=O) groups excluding carboxylic acids is 1. The van der Waals surface area contributed by atoms with Crippen molar-refractivity contribution in [2.45, 2.75) is 40.0 Å². The molecule has 0 aliphatic rings. The molecule has 0 aliphatic carbocycles. The fourth-order valence-corrected chi connectivity index (χ4v) is 2.40. The first kappa shape index (κ1) is 17.0. The first-order valence-electron chi connectivity index (χ1n) is 6.94. The average Bonchev–Trinajstić information content (AvgIpc) is 2.67. The second-order valence-electron chi connectivity index (χ2n) is 5.30. The van der Waals surface area contributed by atoms with Crippen LogP contribution >= 0.6 is 11.6 Å². The van der Waals surface area contributed by atoms with Crippen LogP contribution in [0.4, 0.5) is 0 Å². The molecule has 1 heterocycles. The van der Waals surface area contributed by atoms with Crippen LogP contribution in [0.3, 0.4) is 0 Å². The molecule has 2 N–H and O–H groups in total. The summed E-state index contributed by atoms with van der Waals surface area (Å²) in [5, 5.41) is 17.1. The van der Waals surface area contributed by atoms with E-state index in [2.05, 4.69) is 10.4 Å². The molecule has 0 spiro atoms. The van der Waals surface area contributed by atoms with E-state index < -0.39 is 0 Å². The van der Waals surface area contributed by atoms with E-state index in [-0.39, 0.29) is 24.3 Å². The maximum atomic E-state index is 12.0. The molecule has 6 heteroatoms. The van der Waals surface area contributed by atoms with Gasteiger partial charge in [-0.3, -0.25) is 9.48 Å². The fraction of sp³-hybridized carbons (Fsp3) is 0.714. The van der Waals surface area contributed by atoms with Crippen LogP contribution in [0.5, 0.6) is 0 Å². The monoisotopic (exact) mass is 301 g/mol. The third-order valence-electron chi connectivity index (χ3n) is 4.10. The van der Waals surface area contributed by atoms with Crippen LogP contribution in [0.25, 0.3) is 0 Å². The molecule has 0 aliphatic heterocycles. The molecule has 1 aromatic rings. The van der Waals surface area contributed by atoms with E-state index in [1.165, 1.54) is 0 Å². The summed E-state index contributed by atoms with van der Waals surface area (Å²) in [7, 11) is 1.75. The fourth-order valence-electron chi connectivity index (χ4n) is 2.16. The molecular weight excluding hydrogens is 278 g/mol. The van der Waals surface area contributed by atoms with E-state index in [4.69, 9.17) is 11.6 Å². The van der Waals surface area contributed by atoms with Gasteiger partial charge in [0.25, 0.3) is 0 Å². The standard InChI is InChI=1S/C14H24ClN3O2/c1-5-14(6-2,9-19)8-16-12(20)7-11-10(3)17-18(4)13(11)15/h19H,5-9H2,1-4H3,(H,16,20). The molecule has 0 saturated carbocycles. The Morgan fingerprint density at radius 1 is 1.45 bits per heavy atom. The molecule has 0 atom stereocenters. The lowest BCUT2D eigenvalue weighted by molar-refractivity contribution is -0.121. The Hall–Kier alpha value is -1.07. The van der Waals surface area contributed by atoms with Crippen LogP contribution in [0.2, 0.25) is 5.15 Å². The van der Waals surface area contributed by atoms with Crippen molar-refractivity contribution in [2.75, 3.05) is 13.2 Å². The number of nitrogens with one attached hydrogen (secondary N) is 1. The smallest absolute Gasteiger partial charge is 0.224 e. The van der Waals surface area contributed by atoms with Crippen LogP contribution in [0.1, 0.15) is 37.9 Å². The van der Waals surface area contributed by atoms with Crippen LogP contribution in [-0.2, 0) is 18.3 Å². The zero-order valence-electron chi connectivity index (χ0n) is 12.7. The maximum Gasteiger partial charge on any atom is 0.224 e. The predicted octanol–water partition coefficient (Wildman–Crippen LogP) is 1.84. The lowest BCUT2D eigenvalue weighted by Gasteiger charge is -2.29. The molecule has 1 rings (SSSR count). The molecular formula is C14H24ClN3O2. The van der Waals surface area contributed by atoms with E-state index in [0.717, 1.165) is 24.1 Å². The number of nitrogens with zero attached hydrogens (tertiary/aromatic N) is 2. The minimum Gasteiger partial charge on any atom is -0.396 e. The third-order valence-corrected chi connectivity index (χ3v) is 4.58. The van der Waals surface area contributed by atoms with Gasteiger partial charge in [-0.15, -0.1) is 0 Å². The van der Waals surface area contributed by atoms with Gasteiger partial charge in [0.15, 0.2) is 0 Å². The Kier molecular flexibility index (Phi) is 6.02. The van der Waals surface area contributed by atoms with Gasteiger partial charge in [-0.1, -0.05) is 25.4 Å². The minimum absolute atomic E-state index is 0.0763. The summed E-state index contributed by atoms with van der Waals surface area (Å²) < 4.78 is 1.57. The van der Waals surface area contributed by atoms with Gasteiger partial charge in [0, 0.05) is 24.6 Å². The topological polar surface area (TPSA) is 67.2 Å². The van der Waals surface area contributed by atoms with Crippen molar-refractivity contribution in [3.63, 3.8) is 0 Å². The van der Waals surface area contributed by atoms with Gasteiger partial charge in [-0.25, -0.2) is 0 Å². The normalized spacial score (nSPS) is 11.7. The summed E-state index contributed by atoms with van der Waals surface area (Å²) in [6.07, 6.45) is 1.87. The highest BCUT2D eigenvalue weighted by Gasteiger charge is 2.26. The molecule has 1 aromatic heterocycles. The van der Waals surface area contributed by atoms with Crippen LogP contribution < -0.4 is 5.32 Å². The van der Waals surface area contributed by atoms with Crippen molar-refractivity contribution in [2.24, 2.45) is 12.5 Å². The van der Waals surface area contributed by atoms with Crippen molar-refractivity contribution < 1.29 is 9.90 Å². The Morgan fingerprint density at radius 2 is 2.05 bits per heavy atom. The van der Waals surface area contributed by atoms with Crippen molar-refractivity contribution >= 4 is 17.5 Å². The number of aryl methyl sites for hydroxylation is 2. The highest BCUT2D eigenvalue weighted by atomic mass is 35.5. The van der Waals surface area contributed by atoms with Gasteiger partial charge in [-0.2, -0.15) is 5.10 Å². The summed E-state index contributed by atoms with van der Waals surface area (Å²) in [5.74, 6) is -0.0947. The number of amides is 1. The third kappa shape index (κ3) is 3.73. The summed E-state index contributed by atoms with van der Waals surface area (Å²) in [6.45, 7) is 6.44. The van der Waals surface area contributed by atoms with Gasteiger partial charge in [0.05, 0.1) is 18.7 Å². The summed E-state index contributed by atoms with van der Waals surface area (Å²) in [6, 6.07) is 0. The Morgan fingerprint density at radius 3 is 2.45 bits per heavy atom. The molecule has 5 nitrogen and oxygen atoms in total. The minimum atomic E-state index is -0.233. The number of aliphatic hydroxyl groups is 1.